The first-order chi connectivity index (χ1) is 13.8. The highest BCUT2D eigenvalue weighted by Gasteiger charge is 2.44. The van der Waals surface area contributed by atoms with E-state index in [1.54, 1.807) is 0 Å². The molecule has 28 heavy (non-hydrogen) atoms. The number of nitrogens with one attached hydrogen (secondary N) is 2. The molecule has 1 aliphatic carbocycles. The van der Waals surface area contributed by atoms with Crippen molar-refractivity contribution in [2.24, 2.45) is 4.99 Å². The molecule has 1 aromatic heterocycles. The van der Waals surface area contributed by atoms with Crippen LogP contribution in [0.25, 0.3) is 0 Å². The number of aromatic nitrogens is 1. The molecule has 1 aliphatic heterocycles. The molecule has 2 N–H and O–H groups in total. The van der Waals surface area contributed by atoms with Gasteiger partial charge in [0.2, 0.25) is 0 Å². The van der Waals surface area contributed by atoms with E-state index in [9.17, 15) is 0 Å². The number of guanidine groups is 1. The van der Waals surface area contributed by atoms with Crippen LogP contribution < -0.4 is 15.5 Å². The van der Waals surface area contributed by atoms with Crippen LogP contribution in [0, 0.1) is 0 Å². The van der Waals surface area contributed by atoms with Gasteiger partial charge >= 0.3 is 0 Å². The Kier molecular flexibility index (Phi) is 5.76. The maximum Gasteiger partial charge on any atom is 0.191 e. The van der Waals surface area contributed by atoms with Crippen molar-refractivity contribution in [3.05, 3.63) is 59.8 Å². The standard InChI is InChI=1S/C22H29N5O/c1-23-21(26-17-22(9-10-22)19-7-3-2-4-8-19)25-16-18-6-5-11-24-20(18)27-12-14-28-15-13-27/h2-8,11H,9-10,12-17H2,1H3,(H2,23,25,26). The van der Waals surface area contributed by atoms with Crippen LogP contribution in [0.2, 0.25) is 0 Å². The number of rotatable bonds is 6. The van der Waals surface area contributed by atoms with E-state index in [0.29, 0.717) is 6.54 Å². The first kappa shape index (κ1) is 18.7. The average Bonchev–Trinajstić information content (AvgIpc) is 3.57. The fraction of sp³-hybridized carbons (Fsp3) is 0.455. The SMILES string of the molecule is CN=C(NCc1cccnc1N1CCOCC1)NCC1(c2ccccc2)CC1. The van der Waals surface area contributed by atoms with Gasteiger partial charge in [0.1, 0.15) is 5.82 Å². The zero-order valence-electron chi connectivity index (χ0n) is 16.5. The van der Waals surface area contributed by atoms with Crippen LogP contribution in [0.4, 0.5) is 5.82 Å². The lowest BCUT2D eigenvalue weighted by molar-refractivity contribution is 0.122. The molecule has 0 bridgehead atoms. The Bertz CT molecular complexity index is 798. The minimum atomic E-state index is 0.256. The molecule has 1 saturated carbocycles. The number of pyridine rings is 1. The van der Waals surface area contributed by atoms with Gasteiger partial charge in [0.25, 0.3) is 0 Å². The second-order valence-electron chi connectivity index (χ2n) is 7.51. The third kappa shape index (κ3) is 4.28. The monoisotopic (exact) mass is 379 g/mol. The summed E-state index contributed by atoms with van der Waals surface area (Å²) in [6.45, 7) is 4.88. The third-order valence-electron chi connectivity index (χ3n) is 5.68. The van der Waals surface area contributed by atoms with Gasteiger partial charge in [-0.05, 0) is 24.5 Å². The Balaban J connectivity index is 1.35. The summed E-state index contributed by atoms with van der Waals surface area (Å²) in [7, 11) is 1.82. The van der Waals surface area contributed by atoms with Crippen molar-refractivity contribution in [1.29, 1.82) is 0 Å². The number of hydrogen-bond acceptors (Lipinski definition) is 4. The molecule has 0 atom stereocenters. The third-order valence-corrected chi connectivity index (χ3v) is 5.68. The molecule has 148 valence electrons. The molecule has 0 radical (unpaired) electrons. The molecular weight excluding hydrogens is 350 g/mol. The highest BCUT2D eigenvalue weighted by atomic mass is 16.5. The molecule has 6 heteroatoms. The van der Waals surface area contributed by atoms with E-state index >= 15 is 0 Å². The highest BCUT2D eigenvalue weighted by Crippen LogP contribution is 2.47. The Labute approximate surface area is 167 Å². The van der Waals surface area contributed by atoms with Crippen molar-refractivity contribution in [3.63, 3.8) is 0 Å². The van der Waals surface area contributed by atoms with Gasteiger partial charge in [0, 0.05) is 50.4 Å². The molecule has 2 aliphatic rings. The summed E-state index contributed by atoms with van der Waals surface area (Å²) in [4.78, 5) is 11.3. The summed E-state index contributed by atoms with van der Waals surface area (Å²) in [5.41, 5.74) is 2.85. The molecule has 0 unspecified atom stereocenters. The van der Waals surface area contributed by atoms with Crippen LogP contribution in [0.5, 0.6) is 0 Å². The van der Waals surface area contributed by atoms with Crippen molar-refractivity contribution < 1.29 is 4.74 Å². The summed E-state index contributed by atoms with van der Waals surface area (Å²) in [5.74, 6) is 1.87. The zero-order valence-corrected chi connectivity index (χ0v) is 16.5. The van der Waals surface area contributed by atoms with Crippen LogP contribution in [-0.4, -0.2) is 50.8 Å². The molecule has 2 fully saturated rings. The molecule has 1 saturated heterocycles. The molecule has 0 amide bonds. The quantitative estimate of drug-likeness (QED) is 0.596. The Morgan fingerprint density at radius 3 is 2.61 bits per heavy atom. The molecule has 6 nitrogen and oxygen atoms in total. The summed E-state index contributed by atoms with van der Waals surface area (Å²) >= 11 is 0. The van der Waals surface area contributed by atoms with Gasteiger partial charge in [0.05, 0.1) is 13.2 Å². The van der Waals surface area contributed by atoms with E-state index in [2.05, 4.69) is 61.9 Å². The van der Waals surface area contributed by atoms with Crippen LogP contribution >= 0.6 is 0 Å². The lowest BCUT2D eigenvalue weighted by atomic mass is 9.96. The van der Waals surface area contributed by atoms with E-state index in [1.807, 2.05) is 19.3 Å². The van der Waals surface area contributed by atoms with E-state index in [0.717, 1.165) is 44.6 Å². The number of morpholine rings is 1. The fourth-order valence-corrected chi connectivity index (χ4v) is 3.79. The summed E-state index contributed by atoms with van der Waals surface area (Å²) in [6.07, 6.45) is 4.31. The maximum absolute atomic E-state index is 5.47. The minimum Gasteiger partial charge on any atom is -0.378 e. The Morgan fingerprint density at radius 1 is 1.11 bits per heavy atom. The fourth-order valence-electron chi connectivity index (χ4n) is 3.79. The van der Waals surface area contributed by atoms with Crippen molar-refractivity contribution in [3.8, 4) is 0 Å². The van der Waals surface area contributed by atoms with Crippen molar-refractivity contribution in [1.82, 2.24) is 15.6 Å². The number of nitrogens with zero attached hydrogens (tertiary/aromatic N) is 3. The topological polar surface area (TPSA) is 61.8 Å². The summed E-state index contributed by atoms with van der Waals surface area (Å²) in [5, 5.41) is 6.98. The van der Waals surface area contributed by atoms with Crippen molar-refractivity contribution >= 4 is 11.8 Å². The average molecular weight is 380 g/mol. The van der Waals surface area contributed by atoms with Gasteiger partial charge in [-0.3, -0.25) is 4.99 Å². The first-order valence-electron chi connectivity index (χ1n) is 10.1. The summed E-state index contributed by atoms with van der Waals surface area (Å²) < 4.78 is 5.47. The lowest BCUT2D eigenvalue weighted by Crippen LogP contribution is -2.41. The smallest absolute Gasteiger partial charge is 0.191 e. The first-order valence-corrected chi connectivity index (χ1v) is 10.1. The van der Waals surface area contributed by atoms with Crippen LogP contribution in [0.3, 0.4) is 0 Å². The van der Waals surface area contributed by atoms with Gasteiger partial charge in [0.15, 0.2) is 5.96 Å². The normalized spacial score (nSPS) is 18.6. The molecule has 0 spiro atoms. The maximum atomic E-state index is 5.47. The molecule has 1 aromatic carbocycles. The molecule has 2 heterocycles. The summed E-state index contributed by atoms with van der Waals surface area (Å²) in [6, 6.07) is 14.9. The van der Waals surface area contributed by atoms with Gasteiger partial charge in [-0.25, -0.2) is 4.98 Å². The van der Waals surface area contributed by atoms with E-state index in [1.165, 1.54) is 24.0 Å². The van der Waals surface area contributed by atoms with Crippen molar-refractivity contribution in [2.45, 2.75) is 24.8 Å². The predicted octanol–water partition coefficient (Wildman–Crippen LogP) is 2.32. The predicted molar refractivity (Wildman–Crippen MR) is 113 cm³/mol. The number of benzene rings is 1. The molecule has 2 aromatic rings. The highest BCUT2D eigenvalue weighted by molar-refractivity contribution is 5.80. The van der Waals surface area contributed by atoms with Gasteiger partial charge in [-0.2, -0.15) is 0 Å². The van der Waals surface area contributed by atoms with Crippen LogP contribution in [0.1, 0.15) is 24.0 Å². The number of anilines is 1. The number of hydrogen-bond donors (Lipinski definition) is 2. The van der Waals surface area contributed by atoms with Gasteiger partial charge in [-0.1, -0.05) is 36.4 Å². The minimum absolute atomic E-state index is 0.256. The lowest BCUT2D eigenvalue weighted by Gasteiger charge is -2.29. The van der Waals surface area contributed by atoms with E-state index in [-0.39, 0.29) is 5.41 Å². The largest absolute Gasteiger partial charge is 0.378 e. The number of aliphatic imine (C=N–C) groups is 1. The zero-order chi connectivity index (χ0) is 19.2. The van der Waals surface area contributed by atoms with Crippen LogP contribution in [-0.2, 0) is 16.7 Å². The Hall–Kier alpha value is -2.60. The van der Waals surface area contributed by atoms with Crippen molar-refractivity contribution in [2.75, 3.05) is 44.8 Å². The Morgan fingerprint density at radius 2 is 1.89 bits per heavy atom. The second kappa shape index (κ2) is 8.61. The van der Waals surface area contributed by atoms with Gasteiger partial charge < -0.3 is 20.3 Å². The van der Waals surface area contributed by atoms with Gasteiger partial charge in [-0.15, -0.1) is 0 Å². The van der Waals surface area contributed by atoms with Crippen LogP contribution in [0.15, 0.2) is 53.7 Å². The number of ether oxygens (including phenoxy) is 1. The molecule has 4 rings (SSSR count). The van der Waals surface area contributed by atoms with E-state index < -0.39 is 0 Å². The molecular formula is C22H29N5O. The second-order valence-corrected chi connectivity index (χ2v) is 7.51. The van der Waals surface area contributed by atoms with E-state index in [4.69, 9.17) is 4.74 Å².